The number of benzene rings is 1. The van der Waals surface area contributed by atoms with Crippen LogP contribution in [-0.2, 0) is 6.42 Å². The molecule has 0 bridgehead atoms. The second kappa shape index (κ2) is 5.68. The fraction of sp³-hybridized carbons (Fsp3) is 0.182. The molecule has 3 N–H and O–H groups in total. The van der Waals surface area contributed by atoms with E-state index in [2.05, 4.69) is 26.3 Å². The van der Waals surface area contributed by atoms with Crippen LogP contribution in [0.25, 0.3) is 0 Å². The molecule has 2 aromatic rings. The summed E-state index contributed by atoms with van der Waals surface area (Å²) < 4.78 is 13.7. The van der Waals surface area contributed by atoms with Crippen molar-refractivity contribution < 1.29 is 4.39 Å². The number of hydrazine groups is 1. The molecule has 0 saturated heterocycles. The minimum absolute atomic E-state index is 0.0667. The van der Waals surface area contributed by atoms with Gasteiger partial charge in [0.2, 0.25) is 0 Å². The summed E-state index contributed by atoms with van der Waals surface area (Å²) in [6.45, 7) is 0. The lowest BCUT2D eigenvalue weighted by Crippen LogP contribution is -2.29. The molecule has 1 aromatic carbocycles. The average Bonchev–Trinajstić information content (AvgIpc) is 2.81. The summed E-state index contributed by atoms with van der Waals surface area (Å²) in [6, 6.07) is 4.57. The number of nitrogens with zero attached hydrogens (tertiary/aromatic N) is 1. The highest BCUT2D eigenvalue weighted by atomic mass is 79.9. The van der Waals surface area contributed by atoms with E-state index >= 15 is 0 Å². The largest absolute Gasteiger partial charge is 0.271 e. The Balaban J connectivity index is 2.19. The molecule has 1 atom stereocenters. The van der Waals surface area contributed by atoms with E-state index in [4.69, 9.17) is 5.84 Å². The Morgan fingerprint density at radius 3 is 2.94 bits per heavy atom. The molecule has 0 saturated carbocycles. The maximum absolute atomic E-state index is 13.0. The lowest BCUT2D eigenvalue weighted by molar-refractivity contribution is 0.539. The van der Waals surface area contributed by atoms with E-state index in [1.165, 1.54) is 23.5 Å². The van der Waals surface area contributed by atoms with Gasteiger partial charge in [0.15, 0.2) is 0 Å². The standard InChI is InChI=1S/C11H11BrFN3S/c12-9-4-8(13)2-1-7(9)3-10(16-14)11-5-17-6-15-11/h1-2,4-6,10,16H,3,14H2. The summed E-state index contributed by atoms with van der Waals surface area (Å²) in [5.74, 6) is 5.26. The van der Waals surface area contributed by atoms with Crippen molar-refractivity contribution in [3.05, 3.63) is 50.6 Å². The van der Waals surface area contributed by atoms with Crippen molar-refractivity contribution in [2.24, 2.45) is 5.84 Å². The molecule has 0 spiro atoms. The zero-order chi connectivity index (χ0) is 12.3. The predicted molar refractivity (Wildman–Crippen MR) is 70.0 cm³/mol. The SMILES string of the molecule is NNC(Cc1ccc(F)cc1Br)c1cscn1. The van der Waals surface area contributed by atoms with Gasteiger partial charge in [-0.15, -0.1) is 11.3 Å². The van der Waals surface area contributed by atoms with Gasteiger partial charge >= 0.3 is 0 Å². The first kappa shape index (κ1) is 12.6. The van der Waals surface area contributed by atoms with Gasteiger partial charge in [0.1, 0.15) is 5.82 Å². The van der Waals surface area contributed by atoms with Gasteiger partial charge in [0.05, 0.1) is 17.2 Å². The van der Waals surface area contributed by atoms with Crippen molar-refractivity contribution in [2.45, 2.75) is 12.5 Å². The highest BCUT2D eigenvalue weighted by Gasteiger charge is 2.14. The number of aromatic nitrogens is 1. The third-order valence-electron chi connectivity index (χ3n) is 2.45. The normalized spacial score (nSPS) is 12.6. The summed E-state index contributed by atoms with van der Waals surface area (Å²) in [6.07, 6.45) is 0.654. The van der Waals surface area contributed by atoms with Crippen LogP contribution in [0, 0.1) is 5.82 Å². The molecule has 3 nitrogen and oxygen atoms in total. The number of halogens is 2. The summed E-state index contributed by atoms with van der Waals surface area (Å²) >= 11 is 4.86. The summed E-state index contributed by atoms with van der Waals surface area (Å²) in [5, 5.41) is 1.95. The number of nitrogens with two attached hydrogens (primary N) is 1. The molecule has 0 amide bonds. The van der Waals surface area contributed by atoms with Gasteiger partial charge < -0.3 is 0 Å². The predicted octanol–water partition coefficient (Wildman–Crippen LogP) is 2.79. The Bertz CT molecular complexity index is 489. The number of rotatable bonds is 4. The maximum atomic E-state index is 13.0. The fourth-order valence-electron chi connectivity index (χ4n) is 1.55. The minimum atomic E-state index is -0.258. The second-order valence-corrected chi connectivity index (χ2v) is 5.15. The molecule has 90 valence electrons. The van der Waals surface area contributed by atoms with Gasteiger partial charge in [-0.25, -0.2) is 9.37 Å². The van der Waals surface area contributed by atoms with E-state index < -0.39 is 0 Å². The van der Waals surface area contributed by atoms with Gasteiger partial charge in [0, 0.05) is 9.85 Å². The van der Waals surface area contributed by atoms with Crippen LogP contribution in [0.2, 0.25) is 0 Å². The Morgan fingerprint density at radius 2 is 2.35 bits per heavy atom. The van der Waals surface area contributed by atoms with Crippen molar-refractivity contribution in [3.8, 4) is 0 Å². The van der Waals surface area contributed by atoms with Crippen LogP contribution in [0.4, 0.5) is 4.39 Å². The molecule has 2 rings (SSSR count). The zero-order valence-electron chi connectivity index (χ0n) is 8.86. The molecule has 1 heterocycles. The van der Waals surface area contributed by atoms with Crippen LogP contribution in [0.3, 0.4) is 0 Å². The molecule has 0 aliphatic rings. The van der Waals surface area contributed by atoms with Gasteiger partial charge in [0.25, 0.3) is 0 Å². The van der Waals surface area contributed by atoms with Gasteiger partial charge in [-0.1, -0.05) is 22.0 Å². The summed E-state index contributed by atoms with van der Waals surface area (Å²) in [5.41, 5.74) is 6.37. The van der Waals surface area contributed by atoms with E-state index in [-0.39, 0.29) is 11.9 Å². The number of hydrogen-bond donors (Lipinski definition) is 2. The first-order valence-electron chi connectivity index (χ1n) is 4.99. The monoisotopic (exact) mass is 315 g/mol. The molecule has 6 heteroatoms. The molecule has 17 heavy (non-hydrogen) atoms. The second-order valence-electron chi connectivity index (χ2n) is 3.57. The first-order chi connectivity index (χ1) is 8.20. The average molecular weight is 316 g/mol. The fourth-order valence-corrected chi connectivity index (χ4v) is 2.67. The van der Waals surface area contributed by atoms with Crippen LogP contribution in [0.1, 0.15) is 17.3 Å². The molecule has 0 fully saturated rings. The highest BCUT2D eigenvalue weighted by molar-refractivity contribution is 9.10. The zero-order valence-corrected chi connectivity index (χ0v) is 11.3. The van der Waals surface area contributed by atoms with Gasteiger partial charge in [-0.05, 0) is 24.1 Å². The van der Waals surface area contributed by atoms with Crippen LogP contribution in [0.5, 0.6) is 0 Å². The number of nitrogens with one attached hydrogen (secondary N) is 1. The molecule has 0 aliphatic carbocycles. The third kappa shape index (κ3) is 3.10. The van der Waals surface area contributed by atoms with Gasteiger partial charge in [-0.2, -0.15) is 0 Å². The van der Waals surface area contributed by atoms with E-state index in [0.717, 1.165) is 15.7 Å². The Hall–Kier alpha value is -0.820. The lowest BCUT2D eigenvalue weighted by Gasteiger charge is -2.14. The smallest absolute Gasteiger partial charge is 0.124 e. The highest BCUT2D eigenvalue weighted by Crippen LogP contribution is 2.24. The summed E-state index contributed by atoms with van der Waals surface area (Å²) in [4.78, 5) is 4.22. The molecule has 1 unspecified atom stereocenters. The van der Waals surface area contributed by atoms with E-state index in [1.807, 2.05) is 5.38 Å². The topological polar surface area (TPSA) is 50.9 Å². The van der Waals surface area contributed by atoms with E-state index in [9.17, 15) is 4.39 Å². The van der Waals surface area contributed by atoms with Crippen LogP contribution < -0.4 is 11.3 Å². The van der Waals surface area contributed by atoms with Crippen molar-refractivity contribution in [1.82, 2.24) is 10.4 Å². The number of hydrogen-bond acceptors (Lipinski definition) is 4. The van der Waals surface area contributed by atoms with Gasteiger partial charge in [-0.3, -0.25) is 11.3 Å². The van der Waals surface area contributed by atoms with Crippen molar-refractivity contribution in [2.75, 3.05) is 0 Å². The molecule has 1 aromatic heterocycles. The number of thiazole rings is 1. The van der Waals surface area contributed by atoms with E-state index in [1.54, 1.807) is 11.6 Å². The van der Waals surface area contributed by atoms with Crippen LogP contribution in [-0.4, -0.2) is 4.98 Å². The quantitative estimate of drug-likeness (QED) is 0.674. The van der Waals surface area contributed by atoms with Crippen LogP contribution >= 0.6 is 27.3 Å². The summed E-state index contributed by atoms with van der Waals surface area (Å²) in [7, 11) is 0. The molecule has 0 aliphatic heterocycles. The van der Waals surface area contributed by atoms with Crippen LogP contribution in [0.15, 0.2) is 33.6 Å². The molecule has 0 radical (unpaired) electrons. The maximum Gasteiger partial charge on any atom is 0.124 e. The lowest BCUT2D eigenvalue weighted by atomic mass is 10.0. The van der Waals surface area contributed by atoms with Crippen molar-refractivity contribution >= 4 is 27.3 Å². The third-order valence-corrected chi connectivity index (χ3v) is 3.79. The van der Waals surface area contributed by atoms with Crippen molar-refractivity contribution in [3.63, 3.8) is 0 Å². The molecular formula is C11H11BrFN3S. The Kier molecular flexibility index (Phi) is 4.22. The molecular weight excluding hydrogens is 305 g/mol. The minimum Gasteiger partial charge on any atom is -0.271 e. The first-order valence-corrected chi connectivity index (χ1v) is 6.72. The Labute approximate surface area is 111 Å². The Morgan fingerprint density at radius 1 is 1.53 bits per heavy atom. The van der Waals surface area contributed by atoms with Crippen molar-refractivity contribution in [1.29, 1.82) is 0 Å². The van der Waals surface area contributed by atoms with E-state index in [0.29, 0.717) is 6.42 Å².